The molecule has 2 aromatic rings. The number of aliphatic hydroxyl groups excluding tert-OH is 1. The Bertz CT molecular complexity index is 1070. The molecule has 0 spiro atoms. The fraction of sp³-hybridized carbons (Fsp3) is 0.500. The zero-order valence-corrected chi connectivity index (χ0v) is 21.3. The first-order valence-corrected chi connectivity index (χ1v) is 12.6. The van der Waals surface area contributed by atoms with E-state index in [0.717, 1.165) is 17.5 Å². The number of likely N-dealkylation sites (tertiary alicyclic amines) is 1. The highest BCUT2D eigenvalue weighted by Crippen LogP contribution is 2.36. The minimum atomic E-state index is -0.565. The topological polar surface area (TPSA) is 82.1 Å². The van der Waals surface area contributed by atoms with Crippen molar-refractivity contribution in [3.8, 4) is 0 Å². The predicted octanol–water partition coefficient (Wildman–Crippen LogP) is 4.49. The number of nitrogens with zero attached hydrogens (tertiary/aromatic N) is 2. The molecule has 36 heavy (non-hydrogen) atoms. The van der Waals surface area contributed by atoms with Crippen LogP contribution in [0.2, 0.25) is 0 Å². The van der Waals surface area contributed by atoms with Crippen molar-refractivity contribution in [1.29, 1.82) is 0 Å². The maximum atomic E-state index is 13.6. The fourth-order valence-electron chi connectivity index (χ4n) is 5.04. The van der Waals surface area contributed by atoms with Gasteiger partial charge in [-0.2, -0.15) is 0 Å². The molecule has 0 aromatic heterocycles. The Morgan fingerprint density at radius 1 is 1.08 bits per heavy atom. The number of halogens is 1. The second kappa shape index (κ2) is 10.5. The third-order valence-corrected chi connectivity index (χ3v) is 7.16. The molecule has 3 amide bonds. The fourth-order valence-corrected chi connectivity index (χ4v) is 5.04. The first-order chi connectivity index (χ1) is 17.1. The van der Waals surface area contributed by atoms with Gasteiger partial charge in [0.1, 0.15) is 11.4 Å². The lowest BCUT2D eigenvalue weighted by atomic mass is 9.79. The van der Waals surface area contributed by atoms with E-state index < -0.39 is 11.0 Å². The normalized spacial score (nSPS) is 19.4. The number of ether oxygens (including phenoxy) is 1. The van der Waals surface area contributed by atoms with E-state index in [1.807, 2.05) is 39.0 Å². The summed E-state index contributed by atoms with van der Waals surface area (Å²) in [6.45, 7) is 7.17. The Labute approximate surface area is 212 Å². The first kappa shape index (κ1) is 25.9. The maximum Gasteiger partial charge on any atom is 0.410 e. The molecule has 2 heterocycles. The van der Waals surface area contributed by atoms with Gasteiger partial charge in [0.2, 0.25) is 0 Å². The van der Waals surface area contributed by atoms with Crippen molar-refractivity contribution in [2.75, 3.05) is 32.8 Å². The number of aliphatic hydroxyl groups is 1. The molecule has 2 aliphatic heterocycles. The van der Waals surface area contributed by atoms with E-state index in [1.165, 1.54) is 17.7 Å². The summed E-state index contributed by atoms with van der Waals surface area (Å²) >= 11 is 0. The highest BCUT2D eigenvalue weighted by atomic mass is 19.1. The molecule has 4 rings (SSSR count). The van der Waals surface area contributed by atoms with Crippen molar-refractivity contribution < 1.29 is 23.8 Å². The van der Waals surface area contributed by atoms with E-state index in [4.69, 9.17) is 4.74 Å². The number of carbonyl (C=O) groups is 2. The Morgan fingerprint density at radius 2 is 1.75 bits per heavy atom. The number of hydrogen-bond acceptors (Lipinski definition) is 4. The van der Waals surface area contributed by atoms with Crippen molar-refractivity contribution in [1.82, 2.24) is 15.1 Å². The molecule has 8 heteroatoms. The van der Waals surface area contributed by atoms with E-state index in [0.29, 0.717) is 39.0 Å². The minimum absolute atomic E-state index is 0.0837. The number of piperidine rings is 1. The monoisotopic (exact) mass is 497 g/mol. The first-order valence-electron chi connectivity index (χ1n) is 12.6. The van der Waals surface area contributed by atoms with Gasteiger partial charge in [-0.15, -0.1) is 0 Å². The Balaban J connectivity index is 1.44. The SMILES string of the molecule is CC(C)(C)OC(=O)N1CCC(CO)(CNC(=O)N2CCc3ccccc3C2c2ccc(F)cc2)CC1. The number of nitrogens with one attached hydrogen (secondary N) is 1. The lowest BCUT2D eigenvalue weighted by molar-refractivity contribution is 0.000132. The number of rotatable bonds is 4. The van der Waals surface area contributed by atoms with Gasteiger partial charge in [-0.05, 0) is 68.9 Å². The zero-order chi connectivity index (χ0) is 25.9. The molecule has 0 bridgehead atoms. The van der Waals surface area contributed by atoms with E-state index in [9.17, 15) is 19.1 Å². The lowest BCUT2D eigenvalue weighted by Crippen LogP contribution is -2.53. The van der Waals surface area contributed by atoms with Gasteiger partial charge in [-0.1, -0.05) is 36.4 Å². The van der Waals surface area contributed by atoms with Gasteiger partial charge in [0.25, 0.3) is 0 Å². The van der Waals surface area contributed by atoms with Gasteiger partial charge < -0.3 is 25.0 Å². The third-order valence-electron chi connectivity index (χ3n) is 7.16. The summed E-state index contributed by atoms with van der Waals surface area (Å²) in [7, 11) is 0. The van der Waals surface area contributed by atoms with Gasteiger partial charge in [0.15, 0.2) is 0 Å². The average Bonchev–Trinajstić information content (AvgIpc) is 2.86. The van der Waals surface area contributed by atoms with Gasteiger partial charge in [0, 0.05) is 31.6 Å². The van der Waals surface area contributed by atoms with Crippen LogP contribution in [0.15, 0.2) is 48.5 Å². The Morgan fingerprint density at radius 3 is 2.39 bits per heavy atom. The van der Waals surface area contributed by atoms with Crippen LogP contribution in [0.4, 0.5) is 14.0 Å². The summed E-state index contributed by atoms with van der Waals surface area (Å²) in [6, 6.07) is 13.8. The molecule has 1 saturated heterocycles. The van der Waals surface area contributed by atoms with Crippen molar-refractivity contribution in [2.24, 2.45) is 5.41 Å². The average molecular weight is 498 g/mol. The smallest absolute Gasteiger partial charge is 0.410 e. The highest BCUT2D eigenvalue weighted by molar-refractivity contribution is 5.76. The second-order valence-electron chi connectivity index (χ2n) is 10.9. The Kier molecular flexibility index (Phi) is 7.54. The molecule has 2 aliphatic rings. The largest absolute Gasteiger partial charge is 0.444 e. The molecule has 0 aliphatic carbocycles. The molecule has 1 unspecified atom stereocenters. The standard InChI is InChI=1S/C28H36FN3O4/c1-27(2,3)36-26(35)31-16-13-28(19-33,14-17-31)18-30-25(34)32-15-12-20-6-4-5-7-23(20)24(32)21-8-10-22(29)11-9-21/h4-11,24,33H,12-19H2,1-3H3,(H,30,34). The summed E-state index contributed by atoms with van der Waals surface area (Å²) in [4.78, 5) is 29.3. The van der Waals surface area contributed by atoms with Crippen LogP contribution >= 0.6 is 0 Å². The number of benzene rings is 2. The van der Waals surface area contributed by atoms with E-state index >= 15 is 0 Å². The summed E-state index contributed by atoms with van der Waals surface area (Å²) < 4.78 is 19.1. The summed E-state index contributed by atoms with van der Waals surface area (Å²) in [5.74, 6) is -0.318. The molecule has 2 aromatic carbocycles. The van der Waals surface area contributed by atoms with Crippen LogP contribution in [-0.4, -0.2) is 65.4 Å². The van der Waals surface area contributed by atoms with Crippen molar-refractivity contribution in [3.63, 3.8) is 0 Å². The number of hydrogen-bond donors (Lipinski definition) is 2. The van der Waals surface area contributed by atoms with Crippen LogP contribution in [0, 0.1) is 11.2 Å². The number of carbonyl (C=O) groups excluding carboxylic acids is 2. The molecule has 1 atom stereocenters. The van der Waals surface area contributed by atoms with Gasteiger partial charge in [-0.25, -0.2) is 14.0 Å². The van der Waals surface area contributed by atoms with Crippen molar-refractivity contribution in [3.05, 3.63) is 71.0 Å². The summed E-state index contributed by atoms with van der Waals surface area (Å²) in [5.41, 5.74) is 1.99. The zero-order valence-electron chi connectivity index (χ0n) is 21.3. The van der Waals surface area contributed by atoms with E-state index in [2.05, 4.69) is 11.4 Å². The van der Waals surface area contributed by atoms with E-state index in [-0.39, 0.29) is 30.6 Å². The lowest BCUT2D eigenvalue weighted by Gasteiger charge is -2.42. The number of fused-ring (bicyclic) bond motifs is 1. The van der Waals surface area contributed by atoms with E-state index in [1.54, 1.807) is 21.9 Å². The van der Waals surface area contributed by atoms with Gasteiger partial charge in [0.05, 0.1) is 12.6 Å². The van der Waals surface area contributed by atoms with Crippen LogP contribution in [0.3, 0.4) is 0 Å². The molecular formula is C28H36FN3O4. The molecule has 194 valence electrons. The highest BCUT2D eigenvalue weighted by Gasteiger charge is 2.38. The summed E-state index contributed by atoms with van der Waals surface area (Å²) in [6.07, 6.45) is 1.50. The van der Waals surface area contributed by atoms with Crippen LogP contribution in [0.5, 0.6) is 0 Å². The predicted molar refractivity (Wildman–Crippen MR) is 135 cm³/mol. The summed E-state index contributed by atoms with van der Waals surface area (Å²) in [5, 5.41) is 13.3. The molecule has 1 fully saturated rings. The van der Waals surface area contributed by atoms with Crippen LogP contribution in [0.1, 0.15) is 56.3 Å². The minimum Gasteiger partial charge on any atom is -0.444 e. The molecule has 0 radical (unpaired) electrons. The van der Waals surface area contributed by atoms with Crippen molar-refractivity contribution in [2.45, 2.75) is 51.7 Å². The molecule has 2 N–H and O–H groups in total. The second-order valence-corrected chi connectivity index (χ2v) is 10.9. The Hall–Kier alpha value is -3.13. The third kappa shape index (κ3) is 5.81. The van der Waals surface area contributed by atoms with Crippen molar-refractivity contribution >= 4 is 12.1 Å². The number of urea groups is 1. The van der Waals surface area contributed by atoms with Gasteiger partial charge >= 0.3 is 12.1 Å². The maximum absolute atomic E-state index is 13.6. The van der Waals surface area contributed by atoms with Crippen LogP contribution in [-0.2, 0) is 11.2 Å². The molecule has 7 nitrogen and oxygen atoms in total. The quantitative estimate of drug-likeness (QED) is 0.652. The van der Waals surface area contributed by atoms with Gasteiger partial charge in [-0.3, -0.25) is 0 Å². The van der Waals surface area contributed by atoms with Crippen LogP contribution < -0.4 is 5.32 Å². The molecule has 0 saturated carbocycles. The van der Waals surface area contributed by atoms with Crippen LogP contribution in [0.25, 0.3) is 0 Å². The number of amides is 3. The molecular weight excluding hydrogens is 461 g/mol.